The minimum absolute atomic E-state index is 0.0651. The molecular weight excluding hydrogens is 299 g/mol. The Hall–Kier alpha value is -1.98. The third-order valence-corrected chi connectivity index (χ3v) is 5.20. The van der Waals surface area contributed by atoms with E-state index in [1.807, 2.05) is 0 Å². The average molecular weight is 312 g/mol. The molecule has 112 valence electrons. The van der Waals surface area contributed by atoms with Gasteiger partial charge in [0.1, 0.15) is 11.9 Å². The summed E-state index contributed by atoms with van der Waals surface area (Å²) >= 11 is 0. The molecule has 2 rings (SSSR count). The Bertz CT molecular complexity index is 711. The first-order valence-corrected chi connectivity index (χ1v) is 7.87. The second-order valence-corrected chi connectivity index (χ2v) is 6.70. The summed E-state index contributed by atoms with van der Waals surface area (Å²) in [6, 6.07) is 3.94. The van der Waals surface area contributed by atoms with E-state index in [-0.39, 0.29) is 24.1 Å². The maximum atomic E-state index is 13.0. The third kappa shape index (κ3) is 3.20. The normalized spacial score (nSPS) is 19.3. The molecule has 1 heterocycles. The van der Waals surface area contributed by atoms with E-state index in [0.717, 1.165) is 16.4 Å². The molecule has 1 N–H and O–H groups in total. The molecule has 0 aliphatic carbocycles. The molecular formula is C13H13FN2O4S. The zero-order valence-electron chi connectivity index (χ0n) is 11.0. The fourth-order valence-electron chi connectivity index (χ4n) is 2.38. The molecule has 0 unspecified atom stereocenters. The molecule has 1 aliphatic rings. The summed E-state index contributed by atoms with van der Waals surface area (Å²) in [7, 11) is -3.87. The Kier molecular flexibility index (Phi) is 4.25. The number of carboxylic acid groups (broad SMARTS) is 1. The number of carboxylic acids is 1. The van der Waals surface area contributed by atoms with Crippen molar-refractivity contribution < 1.29 is 22.7 Å². The Labute approximate surface area is 121 Å². The van der Waals surface area contributed by atoms with E-state index in [4.69, 9.17) is 10.4 Å². The van der Waals surface area contributed by atoms with E-state index in [0.29, 0.717) is 6.42 Å². The van der Waals surface area contributed by atoms with Gasteiger partial charge in [0, 0.05) is 6.54 Å². The molecule has 0 radical (unpaired) electrons. The summed E-state index contributed by atoms with van der Waals surface area (Å²) in [5, 5.41) is 18.0. The van der Waals surface area contributed by atoms with E-state index in [9.17, 15) is 17.6 Å². The maximum Gasteiger partial charge on any atom is 0.322 e. The SMILES string of the molecule is N#Cc1cc(F)ccc1CS(=O)(=O)N1CCC[C@@H]1C(=O)O. The largest absolute Gasteiger partial charge is 0.480 e. The molecule has 0 spiro atoms. The quantitative estimate of drug-likeness (QED) is 0.897. The minimum atomic E-state index is -3.87. The number of rotatable bonds is 4. The molecule has 1 aliphatic heterocycles. The van der Waals surface area contributed by atoms with Crippen molar-refractivity contribution in [2.45, 2.75) is 24.6 Å². The summed E-state index contributed by atoms with van der Waals surface area (Å²) in [4.78, 5) is 11.1. The fourth-order valence-corrected chi connectivity index (χ4v) is 4.18. The highest BCUT2D eigenvalue weighted by Gasteiger charge is 2.38. The third-order valence-electron chi connectivity index (χ3n) is 3.38. The molecule has 0 amide bonds. The van der Waals surface area contributed by atoms with Crippen molar-refractivity contribution in [1.82, 2.24) is 4.31 Å². The van der Waals surface area contributed by atoms with Crippen molar-refractivity contribution >= 4 is 16.0 Å². The Morgan fingerprint density at radius 2 is 2.24 bits per heavy atom. The van der Waals surface area contributed by atoms with E-state index in [1.165, 1.54) is 6.07 Å². The molecule has 0 aromatic heterocycles. The molecule has 1 aromatic rings. The molecule has 1 atom stereocenters. The van der Waals surface area contributed by atoms with Gasteiger partial charge in [0.25, 0.3) is 0 Å². The van der Waals surface area contributed by atoms with Gasteiger partial charge in [-0.1, -0.05) is 6.07 Å². The Balaban J connectivity index is 2.30. The van der Waals surface area contributed by atoms with E-state index in [2.05, 4.69) is 0 Å². The van der Waals surface area contributed by atoms with Crippen molar-refractivity contribution in [3.63, 3.8) is 0 Å². The van der Waals surface area contributed by atoms with Crippen LogP contribution in [0.2, 0.25) is 0 Å². The first-order chi connectivity index (χ1) is 9.85. The number of nitrogens with zero attached hydrogens (tertiary/aromatic N) is 2. The van der Waals surface area contributed by atoms with E-state index >= 15 is 0 Å². The van der Waals surface area contributed by atoms with Gasteiger partial charge in [0.2, 0.25) is 10.0 Å². The van der Waals surface area contributed by atoms with Gasteiger partial charge in [-0.3, -0.25) is 4.79 Å². The number of halogens is 1. The van der Waals surface area contributed by atoms with Gasteiger partial charge < -0.3 is 5.11 Å². The number of carbonyl (C=O) groups is 1. The lowest BCUT2D eigenvalue weighted by molar-refractivity contribution is -0.140. The summed E-state index contributed by atoms with van der Waals surface area (Å²) in [6.07, 6.45) is 0.744. The standard InChI is InChI=1S/C13H13FN2O4S/c14-11-4-3-9(10(6-11)7-15)8-21(19,20)16-5-1-2-12(16)13(17)18/h3-4,6,12H,1-2,5,8H2,(H,17,18)/t12-/m1/s1. The fraction of sp³-hybridized carbons (Fsp3) is 0.385. The van der Waals surface area contributed by atoms with Crippen LogP contribution in [0.5, 0.6) is 0 Å². The first-order valence-electron chi connectivity index (χ1n) is 6.26. The van der Waals surface area contributed by atoms with Crippen molar-refractivity contribution in [1.29, 1.82) is 5.26 Å². The molecule has 21 heavy (non-hydrogen) atoms. The van der Waals surface area contributed by atoms with Gasteiger partial charge in [-0.25, -0.2) is 12.8 Å². The molecule has 1 aromatic carbocycles. The lowest BCUT2D eigenvalue weighted by Crippen LogP contribution is -2.41. The van der Waals surface area contributed by atoms with Gasteiger partial charge in [0.15, 0.2) is 0 Å². The molecule has 1 fully saturated rings. The van der Waals surface area contributed by atoms with Crippen LogP contribution < -0.4 is 0 Å². The van der Waals surface area contributed by atoms with Crippen LogP contribution in [0.1, 0.15) is 24.0 Å². The van der Waals surface area contributed by atoms with Crippen LogP contribution in [0.25, 0.3) is 0 Å². The highest BCUT2D eigenvalue weighted by atomic mass is 32.2. The van der Waals surface area contributed by atoms with Crippen LogP contribution in [0.3, 0.4) is 0 Å². The lowest BCUT2D eigenvalue weighted by Gasteiger charge is -2.21. The smallest absolute Gasteiger partial charge is 0.322 e. The van der Waals surface area contributed by atoms with Gasteiger partial charge in [-0.15, -0.1) is 0 Å². The summed E-state index contributed by atoms with van der Waals surface area (Å²) in [5.74, 6) is -2.33. The van der Waals surface area contributed by atoms with Crippen molar-refractivity contribution in [2.75, 3.05) is 6.54 Å². The van der Waals surface area contributed by atoms with Crippen LogP contribution in [0.4, 0.5) is 4.39 Å². The van der Waals surface area contributed by atoms with E-state index in [1.54, 1.807) is 6.07 Å². The number of sulfonamides is 1. The van der Waals surface area contributed by atoms with Crippen LogP contribution in [0.15, 0.2) is 18.2 Å². The topological polar surface area (TPSA) is 98.5 Å². The molecule has 1 saturated heterocycles. The zero-order chi connectivity index (χ0) is 15.6. The van der Waals surface area contributed by atoms with Crippen molar-refractivity contribution in [2.24, 2.45) is 0 Å². The van der Waals surface area contributed by atoms with Gasteiger partial charge in [0.05, 0.1) is 17.4 Å². The zero-order valence-corrected chi connectivity index (χ0v) is 11.8. The summed E-state index contributed by atoms with van der Waals surface area (Å²) < 4.78 is 38.7. The van der Waals surface area contributed by atoms with Crippen molar-refractivity contribution in [3.8, 4) is 6.07 Å². The second-order valence-electron chi connectivity index (χ2n) is 4.78. The highest BCUT2D eigenvalue weighted by Crippen LogP contribution is 2.24. The monoisotopic (exact) mass is 312 g/mol. The molecule has 0 saturated carbocycles. The highest BCUT2D eigenvalue weighted by molar-refractivity contribution is 7.88. The molecule has 8 heteroatoms. The van der Waals surface area contributed by atoms with Crippen LogP contribution >= 0.6 is 0 Å². The number of hydrogen-bond acceptors (Lipinski definition) is 4. The summed E-state index contributed by atoms with van der Waals surface area (Å²) in [6.45, 7) is 0.141. The van der Waals surface area contributed by atoms with Crippen LogP contribution in [-0.2, 0) is 20.6 Å². The van der Waals surface area contributed by atoms with Gasteiger partial charge >= 0.3 is 5.97 Å². The minimum Gasteiger partial charge on any atom is -0.480 e. The second kappa shape index (κ2) is 5.79. The predicted molar refractivity (Wildman–Crippen MR) is 71.1 cm³/mol. The lowest BCUT2D eigenvalue weighted by atomic mass is 10.1. The first kappa shape index (κ1) is 15.4. The van der Waals surface area contributed by atoms with Crippen LogP contribution in [-0.4, -0.2) is 36.4 Å². The molecule has 0 bridgehead atoms. The van der Waals surface area contributed by atoms with Crippen molar-refractivity contribution in [3.05, 3.63) is 35.1 Å². The van der Waals surface area contributed by atoms with E-state index < -0.39 is 33.6 Å². The Morgan fingerprint density at radius 3 is 2.86 bits per heavy atom. The average Bonchev–Trinajstić information content (AvgIpc) is 2.91. The summed E-state index contributed by atoms with van der Waals surface area (Å²) in [5.41, 5.74) is 0.0968. The van der Waals surface area contributed by atoms with Crippen LogP contribution in [0, 0.1) is 17.1 Å². The molecule has 6 nitrogen and oxygen atoms in total. The number of hydrogen-bond donors (Lipinski definition) is 1. The number of nitriles is 1. The Morgan fingerprint density at radius 1 is 1.52 bits per heavy atom. The predicted octanol–water partition coefficient (Wildman–Crippen LogP) is 1.08. The number of benzene rings is 1. The maximum absolute atomic E-state index is 13.0. The van der Waals surface area contributed by atoms with Gasteiger partial charge in [-0.2, -0.15) is 9.57 Å². The number of aliphatic carboxylic acids is 1. The van der Waals surface area contributed by atoms with Gasteiger partial charge in [-0.05, 0) is 30.5 Å².